The first-order valence-electron chi connectivity index (χ1n) is 5.55. The molecule has 16 heavy (non-hydrogen) atoms. The third kappa shape index (κ3) is 3.51. The highest BCUT2D eigenvalue weighted by molar-refractivity contribution is 5.79. The maximum atomic E-state index is 5.37. The van der Waals surface area contributed by atoms with Gasteiger partial charge in [0.25, 0.3) is 0 Å². The van der Waals surface area contributed by atoms with Gasteiger partial charge < -0.3 is 5.32 Å². The lowest BCUT2D eigenvalue weighted by Gasteiger charge is -2.07. The van der Waals surface area contributed by atoms with E-state index in [1.165, 1.54) is 18.4 Å². The van der Waals surface area contributed by atoms with Crippen LogP contribution in [0.25, 0.3) is 0 Å². The van der Waals surface area contributed by atoms with E-state index in [9.17, 15) is 0 Å². The molecule has 1 aliphatic carbocycles. The fourth-order valence-electron chi connectivity index (χ4n) is 1.40. The van der Waals surface area contributed by atoms with Crippen molar-refractivity contribution in [3.63, 3.8) is 0 Å². The van der Waals surface area contributed by atoms with Crippen molar-refractivity contribution in [1.29, 1.82) is 0 Å². The number of pyridine rings is 1. The largest absolute Gasteiger partial charge is 0.353 e. The molecule has 0 bridgehead atoms. The molecule has 2 rings (SSSR count). The zero-order chi connectivity index (χ0) is 11.2. The van der Waals surface area contributed by atoms with E-state index in [1.54, 1.807) is 6.20 Å². The van der Waals surface area contributed by atoms with Crippen LogP contribution in [0.2, 0.25) is 0 Å². The first kappa shape index (κ1) is 10.9. The molecule has 1 aliphatic rings. The van der Waals surface area contributed by atoms with Gasteiger partial charge >= 0.3 is 0 Å². The molecule has 0 aromatic carbocycles. The molecule has 1 heterocycles. The molecule has 0 radical (unpaired) electrons. The van der Waals surface area contributed by atoms with E-state index < -0.39 is 0 Å². The Bertz CT molecular complexity index is 345. The van der Waals surface area contributed by atoms with Crippen LogP contribution in [0.1, 0.15) is 18.4 Å². The lowest BCUT2D eigenvalue weighted by Crippen LogP contribution is -2.42. The minimum atomic E-state index is 0.563. The van der Waals surface area contributed by atoms with E-state index in [4.69, 9.17) is 5.84 Å². The Labute approximate surface area is 95.1 Å². The predicted octanol–water partition coefficient (Wildman–Crippen LogP) is 0.195. The molecule has 5 nitrogen and oxygen atoms in total. The van der Waals surface area contributed by atoms with E-state index in [-0.39, 0.29) is 0 Å². The number of nitrogens with two attached hydrogens (primary N) is 1. The average molecular weight is 219 g/mol. The van der Waals surface area contributed by atoms with E-state index in [2.05, 4.69) is 20.7 Å². The normalized spacial score (nSPS) is 15.9. The smallest absolute Gasteiger partial charge is 0.205 e. The van der Waals surface area contributed by atoms with E-state index in [1.807, 2.05) is 18.3 Å². The van der Waals surface area contributed by atoms with Crippen molar-refractivity contribution in [3.05, 3.63) is 30.1 Å². The standard InChI is InChI=1S/C11H17N5/c12-16-11(15-10-3-4-10)14-7-5-9-2-1-6-13-8-9/h1-2,6,8,10H,3-5,7,12H2,(H2,14,15,16). The molecule has 0 aliphatic heterocycles. The summed E-state index contributed by atoms with van der Waals surface area (Å²) < 4.78 is 0. The van der Waals surface area contributed by atoms with E-state index in [0.29, 0.717) is 18.5 Å². The third-order valence-electron chi connectivity index (χ3n) is 2.45. The van der Waals surface area contributed by atoms with Gasteiger partial charge in [0.15, 0.2) is 0 Å². The Morgan fingerprint density at radius 3 is 3.06 bits per heavy atom. The Morgan fingerprint density at radius 2 is 2.44 bits per heavy atom. The number of guanidine groups is 1. The summed E-state index contributed by atoms with van der Waals surface area (Å²) in [5.41, 5.74) is 3.77. The fourth-order valence-corrected chi connectivity index (χ4v) is 1.40. The Hall–Kier alpha value is -1.62. The van der Waals surface area contributed by atoms with Crippen molar-refractivity contribution >= 4 is 5.96 Å². The summed E-state index contributed by atoms with van der Waals surface area (Å²) in [5, 5.41) is 3.23. The molecular formula is C11H17N5. The second kappa shape index (κ2) is 5.46. The van der Waals surface area contributed by atoms with Gasteiger partial charge in [0.05, 0.1) is 0 Å². The first-order valence-corrected chi connectivity index (χ1v) is 5.55. The molecule has 1 saturated carbocycles. The summed E-state index contributed by atoms with van der Waals surface area (Å²) in [6.45, 7) is 0.713. The predicted molar refractivity (Wildman–Crippen MR) is 63.7 cm³/mol. The van der Waals surface area contributed by atoms with Crippen LogP contribution in [0.3, 0.4) is 0 Å². The lowest BCUT2D eigenvalue weighted by molar-refractivity contribution is 0.816. The molecule has 0 unspecified atom stereocenters. The van der Waals surface area contributed by atoms with Crippen LogP contribution in [-0.2, 0) is 6.42 Å². The molecule has 4 N–H and O–H groups in total. The van der Waals surface area contributed by atoms with Gasteiger partial charge in [0.2, 0.25) is 5.96 Å². The molecule has 1 fully saturated rings. The van der Waals surface area contributed by atoms with Gasteiger partial charge in [-0.05, 0) is 30.9 Å². The molecule has 0 saturated heterocycles. The summed E-state index contributed by atoms with van der Waals surface area (Å²) in [7, 11) is 0. The minimum Gasteiger partial charge on any atom is -0.353 e. The maximum Gasteiger partial charge on any atom is 0.205 e. The van der Waals surface area contributed by atoms with Crippen LogP contribution in [0, 0.1) is 0 Å². The van der Waals surface area contributed by atoms with Crippen molar-refractivity contribution in [2.45, 2.75) is 25.3 Å². The van der Waals surface area contributed by atoms with Gasteiger partial charge in [0, 0.05) is 25.0 Å². The third-order valence-corrected chi connectivity index (χ3v) is 2.45. The number of nitrogens with zero attached hydrogens (tertiary/aromatic N) is 2. The van der Waals surface area contributed by atoms with Crippen LogP contribution in [0.5, 0.6) is 0 Å². The topological polar surface area (TPSA) is 75.3 Å². The van der Waals surface area contributed by atoms with Gasteiger partial charge in [-0.2, -0.15) is 0 Å². The fraction of sp³-hybridized carbons (Fsp3) is 0.455. The van der Waals surface area contributed by atoms with Crippen molar-refractivity contribution in [1.82, 2.24) is 15.7 Å². The van der Waals surface area contributed by atoms with Crippen molar-refractivity contribution in [2.24, 2.45) is 10.8 Å². The molecule has 1 aromatic heterocycles. The number of rotatable bonds is 4. The summed E-state index contributed by atoms with van der Waals surface area (Å²) in [6.07, 6.45) is 6.94. The first-order chi connectivity index (χ1) is 7.88. The van der Waals surface area contributed by atoms with Crippen LogP contribution in [0.15, 0.2) is 29.5 Å². The summed E-state index contributed by atoms with van der Waals surface area (Å²) in [5.74, 6) is 6.06. The Morgan fingerprint density at radius 1 is 1.56 bits per heavy atom. The maximum absolute atomic E-state index is 5.37. The molecule has 0 amide bonds. The minimum absolute atomic E-state index is 0.563. The number of aromatic nitrogens is 1. The Kier molecular flexibility index (Phi) is 3.71. The summed E-state index contributed by atoms with van der Waals surface area (Å²) in [4.78, 5) is 8.42. The monoisotopic (exact) mass is 219 g/mol. The number of hydrogen-bond acceptors (Lipinski definition) is 3. The molecule has 86 valence electrons. The van der Waals surface area contributed by atoms with Gasteiger partial charge in [-0.3, -0.25) is 15.4 Å². The number of aliphatic imine (C=N–C) groups is 1. The highest BCUT2D eigenvalue weighted by atomic mass is 15.3. The van der Waals surface area contributed by atoms with E-state index >= 15 is 0 Å². The van der Waals surface area contributed by atoms with Crippen LogP contribution >= 0.6 is 0 Å². The van der Waals surface area contributed by atoms with Crippen LogP contribution in [-0.4, -0.2) is 23.5 Å². The average Bonchev–Trinajstić information content (AvgIpc) is 3.13. The molecule has 5 heteroatoms. The van der Waals surface area contributed by atoms with E-state index in [0.717, 1.165) is 6.42 Å². The highest BCUT2D eigenvalue weighted by Gasteiger charge is 2.21. The lowest BCUT2D eigenvalue weighted by atomic mass is 10.2. The molecule has 1 aromatic rings. The molecule has 0 spiro atoms. The molecule has 0 atom stereocenters. The van der Waals surface area contributed by atoms with Crippen LogP contribution in [0.4, 0.5) is 0 Å². The zero-order valence-corrected chi connectivity index (χ0v) is 9.19. The van der Waals surface area contributed by atoms with Gasteiger partial charge in [0.1, 0.15) is 0 Å². The van der Waals surface area contributed by atoms with Gasteiger partial charge in [-0.1, -0.05) is 6.07 Å². The van der Waals surface area contributed by atoms with Crippen molar-refractivity contribution < 1.29 is 0 Å². The second-order valence-electron chi connectivity index (χ2n) is 3.90. The van der Waals surface area contributed by atoms with Gasteiger partial charge in [-0.25, -0.2) is 5.84 Å². The summed E-state index contributed by atoms with van der Waals surface area (Å²) in [6, 6.07) is 4.55. The van der Waals surface area contributed by atoms with Crippen molar-refractivity contribution in [2.75, 3.05) is 6.54 Å². The Balaban J connectivity index is 1.78. The van der Waals surface area contributed by atoms with Gasteiger partial charge in [-0.15, -0.1) is 0 Å². The number of hydrazine groups is 1. The molecular weight excluding hydrogens is 202 g/mol. The van der Waals surface area contributed by atoms with Crippen LogP contribution < -0.4 is 16.6 Å². The number of hydrogen-bond donors (Lipinski definition) is 3. The second-order valence-corrected chi connectivity index (χ2v) is 3.90. The van der Waals surface area contributed by atoms with Crippen molar-refractivity contribution in [3.8, 4) is 0 Å². The zero-order valence-electron chi connectivity index (χ0n) is 9.19. The number of nitrogens with one attached hydrogen (secondary N) is 2. The quantitative estimate of drug-likeness (QED) is 0.292. The summed E-state index contributed by atoms with van der Waals surface area (Å²) >= 11 is 0. The SMILES string of the molecule is NNC(=NCCc1cccnc1)NC1CC1. The highest BCUT2D eigenvalue weighted by Crippen LogP contribution is 2.18.